The normalized spacial score (nSPS) is 15.8. The van der Waals surface area contributed by atoms with E-state index >= 15 is 0 Å². The molecule has 0 spiro atoms. The number of methoxy groups -OCH3 is 1. The summed E-state index contributed by atoms with van der Waals surface area (Å²) in [6, 6.07) is 15.5. The van der Waals surface area contributed by atoms with Crippen LogP contribution in [0.4, 0.5) is 5.69 Å². The summed E-state index contributed by atoms with van der Waals surface area (Å²) in [6.07, 6.45) is 0.0324. The summed E-state index contributed by atoms with van der Waals surface area (Å²) in [5.41, 5.74) is 1.76. The van der Waals surface area contributed by atoms with Crippen molar-refractivity contribution >= 4 is 23.2 Å². The van der Waals surface area contributed by atoms with Gasteiger partial charge in [0.05, 0.1) is 25.8 Å². The SMILES string of the molecule is COc1ccccc1NC(=O)Cc1noc(CN2CCN(C(C)c3ccccc3Cl)CC2)n1. The molecule has 3 aromatic rings. The van der Waals surface area contributed by atoms with Crippen molar-refractivity contribution in [3.8, 4) is 5.75 Å². The molecule has 1 fully saturated rings. The molecule has 0 aliphatic carbocycles. The topological polar surface area (TPSA) is 83.7 Å². The van der Waals surface area contributed by atoms with E-state index in [1.54, 1.807) is 19.2 Å². The van der Waals surface area contributed by atoms with Crippen molar-refractivity contribution in [2.75, 3.05) is 38.6 Å². The zero-order valence-electron chi connectivity index (χ0n) is 18.8. The molecule has 174 valence electrons. The number of ether oxygens (including phenoxy) is 1. The fourth-order valence-electron chi connectivity index (χ4n) is 4.02. The molecule has 1 aliphatic rings. The fourth-order valence-corrected chi connectivity index (χ4v) is 4.32. The van der Waals surface area contributed by atoms with E-state index in [2.05, 4.69) is 38.2 Å². The summed E-state index contributed by atoms with van der Waals surface area (Å²) in [7, 11) is 1.56. The van der Waals surface area contributed by atoms with Gasteiger partial charge in [0.25, 0.3) is 0 Å². The molecule has 1 aromatic heterocycles. The highest BCUT2D eigenvalue weighted by molar-refractivity contribution is 6.31. The molecule has 1 N–H and O–H groups in total. The van der Waals surface area contributed by atoms with Gasteiger partial charge in [-0.15, -0.1) is 0 Å². The number of nitrogens with zero attached hydrogens (tertiary/aromatic N) is 4. The number of aromatic nitrogens is 2. The van der Waals surface area contributed by atoms with Crippen molar-refractivity contribution in [1.82, 2.24) is 19.9 Å². The number of hydrogen-bond acceptors (Lipinski definition) is 7. The summed E-state index contributed by atoms with van der Waals surface area (Å²) in [5.74, 6) is 1.25. The first kappa shape index (κ1) is 23.2. The van der Waals surface area contributed by atoms with Crippen molar-refractivity contribution in [3.63, 3.8) is 0 Å². The van der Waals surface area contributed by atoms with Crippen LogP contribution in [0, 0.1) is 0 Å². The average molecular weight is 470 g/mol. The number of carbonyl (C=O) groups is 1. The molecule has 1 unspecified atom stereocenters. The Labute approximate surface area is 198 Å². The number of halogens is 1. The van der Waals surface area contributed by atoms with Gasteiger partial charge in [-0.25, -0.2) is 0 Å². The molecular formula is C24H28ClN5O3. The smallest absolute Gasteiger partial charge is 0.240 e. The lowest BCUT2D eigenvalue weighted by Gasteiger charge is -2.37. The van der Waals surface area contributed by atoms with Gasteiger partial charge in [-0.3, -0.25) is 14.6 Å². The van der Waals surface area contributed by atoms with Gasteiger partial charge >= 0.3 is 0 Å². The van der Waals surface area contributed by atoms with Crippen LogP contribution < -0.4 is 10.1 Å². The minimum atomic E-state index is -0.228. The molecule has 1 saturated heterocycles. The Hall–Kier alpha value is -2.94. The summed E-state index contributed by atoms with van der Waals surface area (Å²) in [6.45, 7) is 6.39. The molecule has 33 heavy (non-hydrogen) atoms. The predicted molar refractivity (Wildman–Crippen MR) is 126 cm³/mol. The maximum atomic E-state index is 12.4. The molecule has 1 aliphatic heterocycles. The van der Waals surface area contributed by atoms with Crippen LogP contribution in [0.2, 0.25) is 5.02 Å². The molecule has 0 saturated carbocycles. The molecule has 2 aromatic carbocycles. The molecule has 0 bridgehead atoms. The number of nitrogens with one attached hydrogen (secondary N) is 1. The first-order valence-electron chi connectivity index (χ1n) is 11.0. The minimum Gasteiger partial charge on any atom is -0.495 e. The molecule has 0 radical (unpaired) electrons. The Balaban J connectivity index is 1.26. The third-order valence-electron chi connectivity index (χ3n) is 5.88. The lowest BCUT2D eigenvalue weighted by molar-refractivity contribution is -0.115. The molecule has 2 heterocycles. The third-order valence-corrected chi connectivity index (χ3v) is 6.22. The lowest BCUT2D eigenvalue weighted by atomic mass is 10.1. The second-order valence-corrected chi connectivity index (χ2v) is 8.45. The second-order valence-electron chi connectivity index (χ2n) is 8.04. The number of para-hydroxylation sites is 2. The van der Waals surface area contributed by atoms with E-state index in [9.17, 15) is 4.79 Å². The van der Waals surface area contributed by atoms with E-state index in [4.69, 9.17) is 20.9 Å². The molecule has 9 heteroatoms. The number of benzene rings is 2. The second kappa shape index (κ2) is 10.8. The highest BCUT2D eigenvalue weighted by Gasteiger charge is 2.24. The number of piperazine rings is 1. The van der Waals surface area contributed by atoms with Gasteiger partial charge in [0.1, 0.15) is 5.75 Å². The maximum absolute atomic E-state index is 12.4. The van der Waals surface area contributed by atoms with Gasteiger partial charge in [-0.2, -0.15) is 4.98 Å². The van der Waals surface area contributed by atoms with Crippen LogP contribution in [0.5, 0.6) is 5.75 Å². The lowest BCUT2D eigenvalue weighted by Crippen LogP contribution is -2.46. The molecular weight excluding hydrogens is 442 g/mol. The van der Waals surface area contributed by atoms with Gasteiger partial charge in [0.15, 0.2) is 5.82 Å². The van der Waals surface area contributed by atoms with Gasteiger partial charge in [0, 0.05) is 37.2 Å². The molecule has 1 atom stereocenters. The summed E-state index contributed by atoms with van der Waals surface area (Å²) in [5, 5.41) is 7.60. The maximum Gasteiger partial charge on any atom is 0.240 e. The van der Waals surface area contributed by atoms with Crippen molar-refractivity contribution in [2.24, 2.45) is 0 Å². The van der Waals surface area contributed by atoms with Crippen molar-refractivity contribution in [2.45, 2.75) is 25.9 Å². The number of carbonyl (C=O) groups excluding carboxylic acids is 1. The van der Waals surface area contributed by atoms with Crippen LogP contribution in [0.1, 0.15) is 30.2 Å². The van der Waals surface area contributed by atoms with Crippen LogP contribution in [0.15, 0.2) is 53.1 Å². The highest BCUT2D eigenvalue weighted by Crippen LogP contribution is 2.28. The average Bonchev–Trinajstić information content (AvgIpc) is 3.26. The highest BCUT2D eigenvalue weighted by atomic mass is 35.5. The Morgan fingerprint density at radius 3 is 2.64 bits per heavy atom. The third kappa shape index (κ3) is 5.90. The van der Waals surface area contributed by atoms with Gasteiger partial charge in [-0.05, 0) is 30.7 Å². The van der Waals surface area contributed by atoms with E-state index in [1.807, 2.05) is 30.3 Å². The van der Waals surface area contributed by atoms with Crippen LogP contribution in [-0.2, 0) is 17.8 Å². The molecule has 8 nitrogen and oxygen atoms in total. The van der Waals surface area contributed by atoms with Crippen molar-refractivity contribution in [3.05, 3.63) is 70.8 Å². The van der Waals surface area contributed by atoms with E-state index in [1.165, 1.54) is 0 Å². The van der Waals surface area contributed by atoms with E-state index in [0.29, 0.717) is 29.7 Å². The van der Waals surface area contributed by atoms with Crippen LogP contribution in [0.3, 0.4) is 0 Å². The summed E-state index contributed by atoms with van der Waals surface area (Å²) in [4.78, 5) is 21.5. The number of rotatable bonds is 8. The largest absolute Gasteiger partial charge is 0.495 e. The zero-order chi connectivity index (χ0) is 23.2. The standard InChI is InChI=1S/C24H28ClN5O3/c1-17(18-7-3-4-8-19(18)25)30-13-11-29(12-14-30)16-24-27-22(28-33-24)15-23(31)26-20-9-5-6-10-21(20)32-2/h3-10,17H,11-16H2,1-2H3,(H,26,31). The van der Waals surface area contributed by atoms with E-state index < -0.39 is 0 Å². The first-order valence-corrected chi connectivity index (χ1v) is 11.4. The van der Waals surface area contributed by atoms with Gasteiger partial charge < -0.3 is 14.6 Å². The fraction of sp³-hybridized carbons (Fsp3) is 0.375. The van der Waals surface area contributed by atoms with Crippen molar-refractivity contribution in [1.29, 1.82) is 0 Å². The van der Waals surface area contributed by atoms with E-state index in [0.717, 1.165) is 36.8 Å². The predicted octanol–water partition coefficient (Wildman–Crippen LogP) is 3.79. The Morgan fingerprint density at radius 2 is 1.88 bits per heavy atom. The Morgan fingerprint density at radius 1 is 1.15 bits per heavy atom. The van der Waals surface area contributed by atoms with Crippen LogP contribution in [0.25, 0.3) is 0 Å². The van der Waals surface area contributed by atoms with Crippen molar-refractivity contribution < 1.29 is 14.1 Å². The summed E-state index contributed by atoms with van der Waals surface area (Å²) >= 11 is 6.37. The molecule has 1 amide bonds. The molecule has 4 rings (SSSR count). The van der Waals surface area contributed by atoms with Gasteiger partial charge in [-0.1, -0.05) is 47.1 Å². The zero-order valence-corrected chi connectivity index (χ0v) is 19.6. The monoisotopic (exact) mass is 469 g/mol. The number of hydrogen-bond donors (Lipinski definition) is 1. The van der Waals surface area contributed by atoms with Crippen LogP contribution in [-0.4, -0.2) is 59.1 Å². The summed E-state index contributed by atoms with van der Waals surface area (Å²) < 4.78 is 10.6. The Bertz CT molecular complexity index is 1080. The van der Waals surface area contributed by atoms with E-state index in [-0.39, 0.29) is 18.4 Å². The quantitative estimate of drug-likeness (QED) is 0.537. The Kier molecular flexibility index (Phi) is 7.59. The van der Waals surface area contributed by atoms with Gasteiger partial charge in [0.2, 0.25) is 11.8 Å². The van der Waals surface area contributed by atoms with Crippen LogP contribution >= 0.6 is 11.6 Å². The minimum absolute atomic E-state index is 0.0324. The number of amides is 1. The number of anilines is 1. The first-order chi connectivity index (χ1) is 16.0.